The molecular formula is C19H26N4O3S. The SMILES string of the molecule is Cc1ccc(-c2cnc(NC(=O)CN(C)C3CCS(=O)(=O)C3)n2C)cc1C. The summed E-state index contributed by atoms with van der Waals surface area (Å²) < 4.78 is 25.1. The number of nitrogens with zero attached hydrogens (tertiary/aromatic N) is 3. The summed E-state index contributed by atoms with van der Waals surface area (Å²) in [4.78, 5) is 18.5. The molecule has 146 valence electrons. The van der Waals surface area contributed by atoms with Crippen molar-refractivity contribution in [3.8, 4) is 11.3 Å². The van der Waals surface area contributed by atoms with Gasteiger partial charge in [-0.05, 0) is 44.5 Å². The normalized spacial score (nSPS) is 18.8. The first kappa shape index (κ1) is 19.6. The van der Waals surface area contributed by atoms with E-state index in [1.807, 2.05) is 17.7 Å². The Morgan fingerprint density at radius 3 is 2.70 bits per heavy atom. The van der Waals surface area contributed by atoms with E-state index in [0.29, 0.717) is 12.4 Å². The summed E-state index contributed by atoms with van der Waals surface area (Å²) in [6.45, 7) is 4.27. The number of amides is 1. The predicted octanol–water partition coefficient (Wildman–Crippen LogP) is 1.76. The van der Waals surface area contributed by atoms with E-state index >= 15 is 0 Å². The minimum absolute atomic E-state index is 0.104. The first-order valence-corrected chi connectivity index (χ1v) is 10.8. The number of anilines is 1. The van der Waals surface area contributed by atoms with Crippen molar-refractivity contribution in [1.29, 1.82) is 0 Å². The molecule has 1 N–H and O–H groups in total. The Hall–Kier alpha value is -2.19. The van der Waals surface area contributed by atoms with Crippen molar-refractivity contribution in [2.24, 2.45) is 7.05 Å². The fourth-order valence-corrected chi connectivity index (χ4v) is 5.14. The van der Waals surface area contributed by atoms with Gasteiger partial charge in [0, 0.05) is 18.7 Å². The number of aryl methyl sites for hydroxylation is 2. The van der Waals surface area contributed by atoms with Gasteiger partial charge in [-0.25, -0.2) is 13.4 Å². The predicted molar refractivity (Wildman–Crippen MR) is 106 cm³/mol. The first-order valence-electron chi connectivity index (χ1n) is 8.96. The van der Waals surface area contributed by atoms with Crippen LogP contribution in [0.3, 0.4) is 0 Å². The van der Waals surface area contributed by atoms with Crippen LogP contribution in [0.5, 0.6) is 0 Å². The van der Waals surface area contributed by atoms with Gasteiger partial charge in [0.05, 0.1) is 29.9 Å². The number of benzene rings is 1. The van der Waals surface area contributed by atoms with Crippen LogP contribution in [0.1, 0.15) is 17.5 Å². The largest absolute Gasteiger partial charge is 0.313 e. The second-order valence-corrected chi connectivity index (χ2v) is 9.57. The lowest BCUT2D eigenvalue weighted by Crippen LogP contribution is -2.39. The maximum atomic E-state index is 12.4. The Balaban J connectivity index is 1.66. The third-order valence-corrected chi connectivity index (χ3v) is 7.02. The molecule has 2 heterocycles. The minimum Gasteiger partial charge on any atom is -0.313 e. The van der Waals surface area contributed by atoms with Crippen molar-refractivity contribution < 1.29 is 13.2 Å². The lowest BCUT2D eigenvalue weighted by atomic mass is 10.0. The summed E-state index contributed by atoms with van der Waals surface area (Å²) >= 11 is 0. The van der Waals surface area contributed by atoms with Gasteiger partial charge in [0.1, 0.15) is 0 Å². The van der Waals surface area contributed by atoms with Crippen LogP contribution in [0.25, 0.3) is 11.3 Å². The molecule has 0 saturated carbocycles. The van der Waals surface area contributed by atoms with E-state index in [4.69, 9.17) is 0 Å². The van der Waals surface area contributed by atoms with Gasteiger partial charge in [-0.1, -0.05) is 12.1 Å². The lowest BCUT2D eigenvalue weighted by Gasteiger charge is -2.22. The van der Waals surface area contributed by atoms with Crippen molar-refractivity contribution in [3.63, 3.8) is 0 Å². The van der Waals surface area contributed by atoms with Crippen molar-refractivity contribution in [3.05, 3.63) is 35.5 Å². The highest BCUT2D eigenvalue weighted by atomic mass is 32.2. The number of likely N-dealkylation sites (N-methyl/N-ethyl adjacent to an activating group) is 1. The summed E-state index contributed by atoms with van der Waals surface area (Å²) in [6.07, 6.45) is 2.32. The van der Waals surface area contributed by atoms with Gasteiger partial charge in [-0.3, -0.25) is 15.0 Å². The number of hydrogen-bond donors (Lipinski definition) is 1. The van der Waals surface area contributed by atoms with Crippen LogP contribution in [-0.4, -0.2) is 59.9 Å². The lowest BCUT2D eigenvalue weighted by molar-refractivity contribution is -0.117. The van der Waals surface area contributed by atoms with Crippen LogP contribution in [0.2, 0.25) is 0 Å². The highest BCUT2D eigenvalue weighted by Gasteiger charge is 2.31. The molecule has 3 rings (SSSR count). The van der Waals surface area contributed by atoms with Crippen LogP contribution < -0.4 is 5.32 Å². The number of carbonyl (C=O) groups is 1. The molecule has 0 bridgehead atoms. The van der Waals surface area contributed by atoms with E-state index in [1.54, 1.807) is 18.1 Å². The summed E-state index contributed by atoms with van der Waals surface area (Å²) in [7, 11) is 0.678. The van der Waals surface area contributed by atoms with Crippen molar-refractivity contribution >= 4 is 21.7 Å². The molecule has 1 fully saturated rings. The topological polar surface area (TPSA) is 84.3 Å². The maximum Gasteiger partial charge on any atom is 0.240 e. The fourth-order valence-electron chi connectivity index (χ4n) is 3.34. The monoisotopic (exact) mass is 390 g/mol. The van der Waals surface area contributed by atoms with Crippen LogP contribution in [-0.2, 0) is 21.7 Å². The van der Waals surface area contributed by atoms with Gasteiger partial charge in [0.15, 0.2) is 9.84 Å². The smallest absolute Gasteiger partial charge is 0.240 e. The van der Waals surface area contributed by atoms with E-state index in [-0.39, 0.29) is 30.0 Å². The van der Waals surface area contributed by atoms with Crippen LogP contribution in [0.4, 0.5) is 5.95 Å². The number of rotatable bonds is 5. The number of carbonyl (C=O) groups excluding carboxylic acids is 1. The maximum absolute atomic E-state index is 12.4. The first-order chi connectivity index (χ1) is 12.7. The molecule has 1 aromatic heterocycles. The molecule has 0 aliphatic carbocycles. The Kier molecular flexibility index (Phi) is 5.39. The molecule has 2 aromatic rings. The van der Waals surface area contributed by atoms with Crippen molar-refractivity contribution in [2.75, 3.05) is 30.4 Å². The molecule has 1 atom stereocenters. The molecule has 1 aliphatic heterocycles. The van der Waals surface area contributed by atoms with E-state index in [9.17, 15) is 13.2 Å². The molecule has 1 amide bonds. The van der Waals surface area contributed by atoms with Gasteiger partial charge >= 0.3 is 0 Å². The van der Waals surface area contributed by atoms with Crippen LogP contribution in [0, 0.1) is 13.8 Å². The summed E-state index contributed by atoms with van der Waals surface area (Å²) in [5.74, 6) is 0.584. The second kappa shape index (κ2) is 7.44. The molecule has 1 aromatic carbocycles. The van der Waals surface area contributed by atoms with Crippen LogP contribution >= 0.6 is 0 Å². The van der Waals surface area contributed by atoms with Gasteiger partial charge in [-0.2, -0.15) is 0 Å². The quantitative estimate of drug-likeness (QED) is 0.841. The Bertz CT molecular complexity index is 965. The number of aromatic nitrogens is 2. The summed E-state index contributed by atoms with van der Waals surface area (Å²) in [6, 6.07) is 6.11. The number of hydrogen-bond acceptors (Lipinski definition) is 5. The zero-order valence-corrected chi connectivity index (χ0v) is 17.0. The standard InChI is InChI=1S/C19H26N4O3S/c1-13-5-6-15(9-14(13)2)17-10-20-19(23(17)4)21-18(24)11-22(3)16-7-8-27(25,26)12-16/h5-6,9-10,16H,7-8,11-12H2,1-4H3,(H,20,21,24). The van der Waals surface area contributed by atoms with E-state index < -0.39 is 9.84 Å². The number of nitrogens with one attached hydrogen (secondary N) is 1. The Labute approximate surface area is 160 Å². The van der Waals surface area contributed by atoms with Crippen molar-refractivity contribution in [2.45, 2.75) is 26.3 Å². The molecule has 7 nitrogen and oxygen atoms in total. The molecular weight excluding hydrogens is 364 g/mol. The van der Waals surface area contributed by atoms with Gasteiger partial charge in [0.25, 0.3) is 0 Å². The van der Waals surface area contributed by atoms with E-state index in [1.165, 1.54) is 11.1 Å². The van der Waals surface area contributed by atoms with Gasteiger partial charge in [0.2, 0.25) is 11.9 Å². The summed E-state index contributed by atoms with van der Waals surface area (Å²) in [5.41, 5.74) is 4.39. The average molecular weight is 391 g/mol. The Morgan fingerprint density at radius 2 is 2.07 bits per heavy atom. The van der Waals surface area contributed by atoms with E-state index in [0.717, 1.165) is 11.3 Å². The number of sulfone groups is 1. The molecule has 1 aliphatic rings. The average Bonchev–Trinajstić information content (AvgIpc) is 3.13. The highest BCUT2D eigenvalue weighted by molar-refractivity contribution is 7.91. The van der Waals surface area contributed by atoms with Crippen molar-refractivity contribution in [1.82, 2.24) is 14.5 Å². The number of imidazole rings is 1. The third-order valence-electron chi connectivity index (χ3n) is 5.27. The minimum atomic E-state index is -2.97. The van der Waals surface area contributed by atoms with Crippen LogP contribution in [0.15, 0.2) is 24.4 Å². The molecule has 8 heteroatoms. The molecule has 0 radical (unpaired) electrons. The fraction of sp³-hybridized carbons (Fsp3) is 0.474. The zero-order valence-electron chi connectivity index (χ0n) is 16.2. The van der Waals surface area contributed by atoms with Gasteiger partial charge < -0.3 is 4.57 Å². The highest BCUT2D eigenvalue weighted by Crippen LogP contribution is 2.24. The summed E-state index contributed by atoms with van der Waals surface area (Å²) in [5, 5.41) is 2.82. The third kappa shape index (κ3) is 4.39. The van der Waals surface area contributed by atoms with Gasteiger partial charge in [-0.15, -0.1) is 0 Å². The molecule has 1 saturated heterocycles. The molecule has 0 spiro atoms. The molecule has 1 unspecified atom stereocenters. The molecule has 27 heavy (non-hydrogen) atoms. The Morgan fingerprint density at radius 1 is 1.33 bits per heavy atom. The van der Waals surface area contributed by atoms with E-state index in [2.05, 4.69) is 36.3 Å². The second-order valence-electron chi connectivity index (χ2n) is 7.35. The zero-order chi connectivity index (χ0) is 19.8.